The molecule has 10 heteroatoms. The van der Waals surface area contributed by atoms with Crippen molar-refractivity contribution in [2.45, 2.75) is 24.9 Å². The molecule has 0 bridgehead atoms. The Morgan fingerprint density at radius 2 is 1.98 bits per heavy atom. The number of aryl methyl sites for hydroxylation is 1. The van der Waals surface area contributed by atoms with Crippen LogP contribution in [-0.2, 0) is 11.8 Å². The summed E-state index contributed by atoms with van der Waals surface area (Å²) in [7, 11) is 3.55. The van der Waals surface area contributed by atoms with E-state index in [4.69, 9.17) is 15.2 Å². The van der Waals surface area contributed by atoms with Crippen molar-refractivity contribution in [3.8, 4) is 40.2 Å². The van der Waals surface area contributed by atoms with Crippen molar-refractivity contribution in [3.05, 3.63) is 73.2 Å². The van der Waals surface area contributed by atoms with Crippen molar-refractivity contribution < 1.29 is 19.4 Å². The van der Waals surface area contributed by atoms with Crippen molar-refractivity contribution in [3.63, 3.8) is 0 Å². The molecule has 2 atom stereocenters. The number of para-hydroxylation sites is 1. The molecule has 10 nitrogen and oxygen atoms in total. The van der Waals surface area contributed by atoms with Crippen LogP contribution >= 0.6 is 0 Å². The van der Waals surface area contributed by atoms with Crippen LogP contribution in [0.4, 0.5) is 5.82 Å². The third-order valence-electron chi connectivity index (χ3n) is 8.60. The number of hydrogen-bond acceptors (Lipinski definition) is 8. The number of carbonyl (C=O) groups excluding carboxylic acids is 1. The van der Waals surface area contributed by atoms with Gasteiger partial charge in [0.05, 0.1) is 25.1 Å². The number of hydrogen-bond donors (Lipinski definition) is 2. The first kappa shape index (κ1) is 29.2. The molecule has 6 rings (SSSR count). The fourth-order valence-electron chi connectivity index (χ4n) is 6.24. The van der Waals surface area contributed by atoms with Gasteiger partial charge >= 0.3 is 0 Å². The highest BCUT2D eigenvalue weighted by molar-refractivity contribution is 6.03. The zero-order valence-electron chi connectivity index (χ0n) is 24.9. The van der Waals surface area contributed by atoms with Gasteiger partial charge in [-0.3, -0.25) is 9.69 Å². The molecule has 44 heavy (non-hydrogen) atoms. The number of benzene rings is 2. The molecule has 0 spiro atoms. The summed E-state index contributed by atoms with van der Waals surface area (Å²) in [5.74, 6) is 9.27. The molecule has 226 valence electrons. The molecule has 2 aromatic heterocycles. The second-order valence-corrected chi connectivity index (χ2v) is 11.2. The maximum Gasteiger partial charge on any atom is 0.246 e. The Labute approximate surface area is 256 Å². The van der Waals surface area contributed by atoms with Gasteiger partial charge in [0.2, 0.25) is 5.91 Å². The average Bonchev–Trinajstić information content (AvgIpc) is 3.32. The molecule has 0 radical (unpaired) electrons. The van der Waals surface area contributed by atoms with Gasteiger partial charge in [0, 0.05) is 44.2 Å². The van der Waals surface area contributed by atoms with E-state index in [0.29, 0.717) is 41.3 Å². The molecule has 3 N–H and O–H groups in total. The minimum atomic E-state index is -0.184. The van der Waals surface area contributed by atoms with E-state index < -0.39 is 0 Å². The molecule has 4 heterocycles. The fraction of sp³-hybridized carbons (Fsp3) is 0.324. The third-order valence-corrected chi connectivity index (χ3v) is 8.60. The molecule has 0 aliphatic carbocycles. The van der Waals surface area contributed by atoms with Crippen molar-refractivity contribution >= 4 is 22.8 Å². The Balaban J connectivity index is 1.26. The SMILES string of the molecule is C=CC(=O)N1CCC(N2CC(C#Cc3c(-c4ccc(Oc5ccccc5)c(OC)c4)c4c(N)ncnc4n3C)C2)C[C@H]1CO. The summed E-state index contributed by atoms with van der Waals surface area (Å²) in [6.07, 6.45) is 4.40. The van der Waals surface area contributed by atoms with Gasteiger partial charge in [-0.05, 0) is 54.7 Å². The minimum absolute atomic E-state index is 0.0485. The van der Waals surface area contributed by atoms with Gasteiger partial charge in [0.1, 0.15) is 29.2 Å². The number of aromatic nitrogens is 3. The number of aliphatic hydroxyl groups is 1. The zero-order valence-corrected chi connectivity index (χ0v) is 24.9. The van der Waals surface area contributed by atoms with Crippen LogP contribution in [-0.4, -0.2) is 80.8 Å². The number of nitrogen functional groups attached to an aromatic ring is 1. The molecule has 2 fully saturated rings. The quantitative estimate of drug-likeness (QED) is 0.246. The van der Waals surface area contributed by atoms with Crippen LogP contribution in [0.3, 0.4) is 0 Å². The maximum atomic E-state index is 12.2. The Bertz CT molecular complexity index is 1750. The maximum absolute atomic E-state index is 12.2. The lowest BCUT2D eigenvalue weighted by atomic mass is 9.90. The van der Waals surface area contributed by atoms with Gasteiger partial charge in [-0.15, -0.1) is 0 Å². The van der Waals surface area contributed by atoms with Crippen LogP contribution in [0.1, 0.15) is 18.5 Å². The predicted octanol–water partition coefficient (Wildman–Crippen LogP) is 3.84. The first-order valence-electron chi connectivity index (χ1n) is 14.7. The highest BCUT2D eigenvalue weighted by Crippen LogP contribution is 2.41. The number of piperidine rings is 1. The second kappa shape index (κ2) is 12.4. The van der Waals surface area contributed by atoms with E-state index in [0.717, 1.165) is 48.1 Å². The van der Waals surface area contributed by atoms with Gasteiger partial charge in [-0.1, -0.05) is 36.8 Å². The van der Waals surface area contributed by atoms with Gasteiger partial charge < -0.3 is 29.8 Å². The number of nitrogens with zero attached hydrogens (tertiary/aromatic N) is 5. The van der Waals surface area contributed by atoms with Crippen molar-refractivity contribution in [2.75, 3.05) is 39.1 Å². The molecule has 2 aliphatic heterocycles. The van der Waals surface area contributed by atoms with E-state index in [9.17, 15) is 9.90 Å². The van der Waals surface area contributed by atoms with Crippen molar-refractivity contribution in [1.29, 1.82) is 0 Å². The number of carbonyl (C=O) groups is 1. The summed E-state index contributed by atoms with van der Waals surface area (Å²) in [4.78, 5) is 25.1. The highest BCUT2D eigenvalue weighted by Gasteiger charge is 2.37. The predicted molar refractivity (Wildman–Crippen MR) is 169 cm³/mol. The number of nitrogens with two attached hydrogens (primary N) is 1. The normalized spacial score (nSPS) is 18.8. The van der Waals surface area contributed by atoms with Gasteiger partial charge in [-0.25, -0.2) is 9.97 Å². The van der Waals surface area contributed by atoms with E-state index in [1.807, 2.05) is 60.1 Å². The topological polar surface area (TPSA) is 119 Å². The number of likely N-dealkylation sites (tertiary alicyclic amines) is 2. The lowest BCUT2D eigenvalue weighted by molar-refractivity contribution is -0.132. The molecular formula is C34H36N6O4. The van der Waals surface area contributed by atoms with Gasteiger partial charge in [0.15, 0.2) is 11.5 Å². The zero-order chi connectivity index (χ0) is 30.8. The molecular weight excluding hydrogens is 556 g/mol. The molecule has 4 aromatic rings. The van der Waals surface area contributed by atoms with Crippen LogP contribution in [0.5, 0.6) is 17.2 Å². The van der Waals surface area contributed by atoms with Crippen LogP contribution in [0.2, 0.25) is 0 Å². The Hall–Kier alpha value is -4.85. The number of amides is 1. The molecule has 1 amide bonds. The van der Waals surface area contributed by atoms with Gasteiger partial charge in [-0.2, -0.15) is 0 Å². The number of methoxy groups -OCH3 is 1. The van der Waals surface area contributed by atoms with Crippen LogP contribution in [0, 0.1) is 17.8 Å². The van der Waals surface area contributed by atoms with E-state index in [-0.39, 0.29) is 24.5 Å². The molecule has 2 aromatic carbocycles. The lowest BCUT2D eigenvalue weighted by Gasteiger charge is -2.48. The fourth-order valence-corrected chi connectivity index (χ4v) is 6.24. The first-order valence-corrected chi connectivity index (χ1v) is 14.7. The largest absolute Gasteiger partial charge is 0.493 e. The van der Waals surface area contributed by atoms with Crippen LogP contribution in [0.15, 0.2) is 67.5 Å². The Morgan fingerprint density at radius 1 is 1.18 bits per heavy atom. The summed E-state index contributed by atoms with van der Waals surface area (Å²) in [5.41, 5.74) is 9.62. The summed E-state index contributed by atoms with van der Waals surface area (Å²) in [6, 6.07) is 15.5. The van der Waals surface area contributed by atoms with Crippen LogP contribution < -0.4 is 15.2 Å². The average molecular weight is 593 g/mol. The number of ether oxygens (including phenoxy) is 2. The summed E-state index contributed by atoms with van der Waals surface area (Å²) < 4.78 is 13.8. The monoisotopic (exact) mass is 592 g/mol. The van der Waals surface area contributed by atoms with E-state index >= 15 is 0 Å². The molecule has 1 unspecified atom stereocenters. The van der Waals surface area contributed by atoms with E-state index in [1.54, 1.807) is 12.0 Å². The highest BCUT2D eigenvalue weighted by atomic mass is 16.5. The van der Waals surface area contributed by atoms with Gasteiger partial charge in [0.25, 0.3) is 0 Å². The minimum Gasteiger partial charge on any atom is -0.493 e. The number of anilines is 1. The second-order valence-electron chi connectivity index (χ2n) is 11.2. The first-order chi connectivity index (χ1) is 21.4. The van der Waals surface area contributed by atoms with Crippen molar-refractivity contribution in [2.24, 2.45) is 13.0 Å². The summed E-state index contributed by atoms with van der Waals surface area (Å²) in [6.45, 7) is 5.84. The lowest BCUT2D eigenvalue weighted by Crippen LogP contribution is -2.58. The third kappa shape index (κ3) is 5.48. The van der Waals surface area contributed by atoms with E-state index in [1.165, 1.54) is 12.4 Å². The smallest absolute Gasteiger partial charge is 0.246 e. The molecule has 2 saturated heterocycles. The summed E-state index contributed by atoms with van der Waals surface area (Å²) in [5, 5.41) is 10.6. The Morgan fingerprint density at radius 3 is 2.70 bits per heavy atom. The molecule has 2 aliphatic rings. The molecule has 0 saturated carbocycles. The van der Waals surface area contributed by atoms with E-state index in [2.05, 4.69) is 33.3 Å². The number of aliphatic hydroxyl groups excluding tert-OH is 1. The van der Waals surface area contributed by atoms with Crippen molar-refractivity contribution in [1.82, 2.24) is 24.3 Å². The van der Waals surface area contributed by atoms with Crippen LogP contribution in [0.25, 0.3) is 22.2 Å². The number of rotatable bonds is 7. The summed E-state index contributed by atoms with van der Waals surface area (Å²) >= 11 is 0. The Kier molecular flexibility index (Phi) is 8.24. The number of fused-ring (bicyclic) bond motifs is 1. The standard InChI is InChI=1S/C34H36N6O4/c1-4-30(42)40-15-14-24(17-25(40)20-41)39-18-22(19-39)10-12-27-31(32-33(35)36-21-37-34(32)38(27)2)23-11-13-28(29(16-23)43-3)44-26-8-6-5-7-9-26/h4-9,11,13,16,21-22,24-25,41H,1,14-15,17-20H2,2-3H3,(H2,35,36,37)/t24?,25-/m0/s1.